The molecule has 2 aromatic rings. The van der Waals surface area contributed by atoms with Gasteiger partial charge in [-0.25, -0.2) is 9.18 Å². The number of ketones is 1. The SMILES string of the molecule is O=C(O)/C(O)=C/C(=O)c1cc(Cc2ccc(F)cc2)co1. The maximum atomic E-state index is 12.8. The summed E-state index contributed by atoms with van der Waals surface area (Å²) in [5.74, 6) is -3.82. The van der Waals surface area contributed by atoms with Gasteiger partial charge in [-0.15, -0.1) is 0 Å². The second kappa shape index (κ2) is 6.04. The fourth-order valence-electron chi connectivity index (χ4n) is 1.69. The van der Waals surface area contributed by atoms with E-state index in [0.29, 0.717) is 18.1 Å². The minimum atomic E-state index is -1.60. The van der Waals surface area contributed by atoms with Crippen LogP contribution in [0.15, 0.2) is 52.8 Å². The fourth-order valence-corrected chi connectivity index (χ4v) is 1.69. The van der Waals surface area contributed by atoms with Gasteiger partial charge in [0.2, 0.25) is 11.5 Å². The number of rotatable bonds is 5. The summed E-state index contributed by atoms with van der Waals surface area (Å²) in [6, 6.07) is 7.32. The van der Waals surface area contributed by atoms with Crippen molar-refractivity contribution in [2.45, 2.75) is 6.42 Å². The van der Waals surface area contributed by atoms with E-state index >= 15 is 0 Å². The number of carbonyl (C=O) groups is 2. The molecule has 0 aliphatic heterocycles. The first-order valence-electron chi connectivity index (χ1n) is 5.96. The Bertz CT molecular complexity index is 697. The lowest BCUT2D eigenvalue weighted by Crippen LogP contribution is -2.03. The van der Waals surface area contributed by atoms with E-state index in [-0.39, 0.29) is 11.6 Å². The largest absolute Gasteiger partial charge is 0.502 e. The van der Waals surface area contributed by atoms with Gasteiger partial charge in [-0.3, -0.25) is 4.79 Å². The summed E-state index contributed by atoms with van der Waals surface area (Å²) in [7, 11) is 0. The van der Waals surface area contributed by atoms with Crippen LogP contribution in [0.2, 0.25) is 0 Å². The van der Waals surface area contributed by atoms with Crippen molar-refractivity contribution in [2.24, 2.45) is 0 Å². The normalized spacial score (nSPS) is 11.4. The van der Waals surface area contributed by atoms with Gasteiger partial charge in [0.15, 0.2) is 5.76 Å². The van der Waals surface area contributed by atoms with Gasteiger partial charge in [-0.05, 0) is 29.3 Å². The summed E-state index contributed by atoms with van der Waals surface area (Å²) < 4.78 is 17.8. The first-order valence-corrected chi connectivity index (χ1v) is 5.96. The highest BCUT2D eigenvalue weighted by atomic mass is 19.1. The van der Waals surface area contributed by atoms with E-state index < -0.39 is 17.5 Å². The second-order valence-electron chi connectivity index (χ2n) is 4.32. The number of carboxylic acid groups (broad SMARTS) is 1. The number of aliphatic hydroxyl groups excluding tert-OH is 1. The molecule has 0 saturated heterocycles. The molecule has 0 radical (unpaired) electrons. The summed E-state index contributed by atoms with van der Waals surface area (Å²) in [6.45, 7) is 0. The molecule has 1 heterocycles. The van der Waals surface area contributed by atoms with E-state index in [1.165, 1.54) is 24.5 Å². The molecule has 0 spiro atoms. The van der Waals surface area contributed by atoms with E-state index in [0.717, 1.165) is 5.56 Å². The maximum absolute atomic E-state index is 12.8. The Hall–Kier alpha value is -2.89. The molecule has 0 bridgehead atoms. The molecule has 2 rings (SSSR count). The molecular weight excluding hydrogens is 279 g/mol. The van der Waals surface area contributed by atoms with E-state index in [9.17, 15) is 14.0 Å². The third-order valence-electron chi connectivity index (χ3n) is 2.71. The number of aliphatic hydroxyl groups is 1. The number of aliphatic carboxylic acids is 1. The quantitative estimate of drug-likeness (QED) is 0.502. The molecule has 6 heteroatoms. The summed E-state index contributed by atoms with van der Waals surface area (Å²) in [5.41, 5.74) is 1.51. The first kappa shape index (κ1) is 14.5. The number of carbonyl (C=O) groups excluding carboxylic acids is 1. The van der Waals surface area contributed by atoms with Crippen molar-refractivity contribution in [2.75, 3.05) is 0 Å². The summed E-state index contributed by atoms with van der Waals surface area (Å²) in [4.78, 5) is 22.0. The van der Waals surface area contributed by atoms with Crippen LogP contribution in [0.4, 0.5) is 4.39 Å². The van der Waals surface area contributed by atoms with E-state index in [1.54, 1.807) is 12.1 Å². The number of hydrogen-bond donors (Lipinski definition) is 2. The third kappa shape index (κ3) is 3.79. The van der Waals surface area contributed by atoms with Crippen molar-refractivity contribution in [1.82, 2.24) is 0 Å². The monoisotopic (exact) mass is 290 g/mol. The average molecular weight is 290 g/mol. The van der Waals surface area contributed by atoms with Gasteiger partial charge in [-0.1, -0.05) is 12.1 Å². The minimum Gasteiger partial charge on any atom is -0.502 e. The van der Waals surface area contributed by atoms with Gasteiger partial charge in [0.25, 0.3) is 0 Å². The van der Waals surface area contributed by atoms with Crippen molar-refractivity contribution >= 4 is 11.8 Å². The van der Waals surface area contributed by atoms with Crippen molar-refractivity contribution < 1.29 is 28.6 Å². The molecule has 0 fully saturated rings. The zero-order valence-corrected chi connectivity index (χ0v) is 10.7. The number of hydrogen-bond acceptors (Lipinski definition) is 4. The smallest absolute Gasteiger partial charge is 0.371 e. The van der Waals surface area contributed by atoms with Gasteiger partial charge in [0.05, 0.1) is 6.26 Å². The van der Waals surface area contributed by atoms with Gasteiger partial charge < -0.3 is 14.6 Å². The molecule has 0 aliphatic carbocycles. The Kier molecular flexibility index (Phi) is 4.18. The van der Waals surface area contributed by atoms with Crippen LogP contribution in [0, 0.1) is 5.82 Å². The molecule has 1 aromatic heterocycles. The van der Waals surface area contributed by atoms with Crippen molar-refractivity contribution in [3.63, 3.8) is 0 Å². The van der Waals surface area contributed by atoms with Crippen LogP contribution in [-0.4, -0.2) is 22.0 Å². The van der Waals surface area contributed by atoms with Crippen LogP contribution in [0.3, 0.4) is 0 Å². The molecule has 5 nitrogen and oxygen atoms in total. The molecule has 0 atom stereocenters. The summed E-state index contributed by atoms with van der Waals surface area (Å²) in [5, 5.41) is 17.5. The molecule has 0 saturated carbocycles. The lowest BCUT2D eigenvalue weighted by Gasteiger charge is -1.97. The Morgan fingerprint density at radius 2 is 1.81 bits per heavy atom. The van der Waals surface area contributed by atoms with Crippen LogP contribution >= 0.6 is 0 Å². The molecule has 1 aromatic carbocycles. The van der Waals surface area contributed by atoms with Crippen LogP contribution in [0.5, 0.6) is 0 Å². The highest BCUT2D eigenvalue weighted by Crippen LogP contribution is 2.15. The topological polar surface area (TPSA) is 87.7 Å². The third-order valence-corrected chi connectivity index (χ3v) is 2.71. The van der Waals surface area contributed by atoms with Crippen molar-refractivity contribution in [3.05, 3.63) is 71.1 Å². The predicted octanol–water partition coefficient (Wildman–Crippen LogP) is 2.72. The molecule has 0 unspecified atom stereocenters. The fraction of sp³-hybridized carbons (Fsp3) is 0.0667. The molecule has 108 valence electrons. The Morgan fingerprint density at radius 1 is 1.14 bits per heavy atom. The molecule has 21 heavy (non-hydrogen) atoms. The zero-order valence-electron chi connectivity index (χ0n) is 10.7. The Morgan fingerprint density at radius 3 is 2.43 bits per heavy atom. The van der Waals surface area contributed by atoms with Gasteiger partial charge >= 0.3 is 5.97 Å². The molecule has 0 amide bonds. The molecular formula is C15H11FO5. The number of halogens is 1. The van der Waals surface area contributed by atoms with Crippen LogP contribution in [0.1, 0.15) is 21.7 Å². The average Bonchev–Trinajstić information content (AvgIpc) is 2.90. The van der Waals surface area contributed by atoms with Crippen LogP contribution in [0.25, 0.3) is 0 Å². The summed E-state index contributed by atoms with van der Waals surface area (Å²) in [6.07, 6.45) is 2.36. The number of allylic oxidation sites excluding steroid dienone is 1. The van der Waals surface area contributed by atoms with E-state index in [2.05, 4.69) is 0 Å². The van der Waals surface area contributed by atoms with Crippen LogP contribution in [-0.2, 0) is 11.2 Å². The minimum absolute atomic E-state index is 0.0834. The standard InChI is InChI=1S/C15H11FO5/c16-11-3-1-9(2-4-11)5-10-6-14(21-8-10)12(17)7-13(18)15(19)20/h1-4,6-8,18H,5H2,(H,19,20)/b13-7-. The van der Waals surface area contributed by atoms with Gasteiger partial charge in [-0.2, -0.15) is 0 Å². The maximum Gasteiger partial charge on any atom is 0.371 e. The first-order chi connectivity index (χ1) is 9.95. The number of carboxylic acids is 1. The second-order valence-corrected chi connectivity index (χ2v) is 4.32. The van der Waals surface area contributed by atoms with Gasteiger partial charge in [0, 0.05) is 12.5 Å². The lowest BCUT2D eigenvalue weighted by atomic mass is 10.1. The van der Waals surface area contributed by atoms with Crippen molar-refractivity contribution in [3.8, 4) is 0 Å². The predicted molar refractivity (Wildman–Crippen MR) is 70.6 cm³/mol. The number of benzene rings is 1. The lowest BCUT2D eigenvalue weighted by molar-refractivity contribution is -0.135. The highest BCUT2D eigenvalue weighted by Gasteiger charge is 2.13. The van der Waals surface area contributed by atoms with Gasteiger partial charge in [0.1, 0.15) is 5.82 Å². The molecule has 2 N–H and O–H groups in total. The van der Waals surface area contributed by atoms with E-state index in [4.69, 9.17) is 14.6 Å². The highest BCUT2D eigenvalue weighted by molar-refractivity contribution is 6.06. The number of furan rings is 1. The zero-order chi connectivity index (χ0) is 15.4. The Labute approximate surface area is 118 Å². The van der Waals surface area contributed by atoms with E-state index in [1.807, 2.05) is 0 Å². The molecule has 0 aliphatic rings. The van der Waals surface area contributed by atoms with Crippen molar-refractivity contribution in [1.29, 1.82) is 0 Å². The summed E-state index contributed by atoms with van der Waals surface area (Å²) >= 11 is 0. The van der Waals surface area contributed by atoms with Crippen LogP contribution < -0.4 is 0 Å². The Balaban J connectivity index is 2.11.